The molecule has 2 radical (unpaired) electrons. The molecule has 0 aromatic rings. The molecule has 0 aromatic carbocycles. The van der Waals surface area contributed by atoms with E-state index in [2.05, 4.69) is 18.0 Å². The van der Waals surface area contributed by atoms with Crippen LogP contribution in [0.1, 0.15) is 96.8 Å². The topological polar surface area (TPSA) is 126 Å². The number of hydrogen-bond donors (Lipinski definition) is 2. The molecule has 36 heavy (non-hydrogen) atoms. The van der Waals surface area contributed by atoms with Crippen molar-refractivity contribution >= 4 is 76.9 Å². The number of rotatable bonds is 22. The average Bonchev–Trinajstić information content (AvgIpc) is 3.15. The van der Waals surface area contributed by atoms with Crippen LogP contribution in [0, 0.1) is 0 Å². The maximum absolute atomic E-state index is 11.4. The van der Waals surface area contributed by atoms with Crippen molar-refractivity contribution in [2.75, 3.05) is 39.4 Å². The molecule has 200 valence electrons. The van der Waals surface area contributed by atoms with Crippen molar-refractivity contribution in [1.82, 2.24) is 0 Å². The van der Waals surface area contributed by atoms with Gasteiger partial charge in [0.15, 0.2) is 6.54 Å². The standard InChI is InChI=1S/C26H46N2O5.2Na.H2O/c1-2-3-4-5-6-7-8-9-10-11-12-13-14-15-16-17-24-27-18-19-28(24,22-25(29)30)20-21-33-23-26(31)32;;;/h16-17H,2-15,18-23H2,1H3,(H-,29,30,31,32);;;1H2. The van der Waals surface area contributed by atoms with Crippen LogP contribution >= 0.6 is 0 Å². The van der Waals surface area contributed by atoms with Gasteiger partial charge in [-0.25, -0.2) is 14.6 Å². The summed E-state index contributed by atoms with van der Waals surface area (Å²) >= 11 is 0. The van der Waals surface area contributed by atoms with E-state index in [9.17, 15) is 14.7 Å². The molecule has 1 aliphatic rings. The molecule has 0 spiro atoms. The molecule has 3 N–H and O–H groups in total. The Labute approximate surface area is 262 Å². The smallest absolute Gasteiger partial charge is 0.359 e. The Morgan fingerprint density at radius 1 is 0.889 bits per heavy atom. The first-order valence-corrected chi connectivity index (χ1v) is 13.1. The van der Waals surface area contributed by atoms with Crippen molar-refractivity contribution in [3.8, 4) is 0 Å². The molecule has 1 unspecified atom stereocenters. The molecule has 0 aliphatic carbocycles. The van der Waals surface area contributed by atoms with E-state index in [0.29, 0.717) is 19.6 Å². The molecule has 0 aromatic heterocycles. The fourth-order valence-corrected chi connectivity index (χ4v) is 4.42. The van der Waals surface area contributed by atoms with E-state index in [1.807, 2.05) is 6.08 Å². The molecule has 10 heteroatoms. The third-order valence-electron chi connectivity index (χ3n) is 6.36. The van der Waals surface area contributed by atoms with Crippen LogP contribution in [0.5, 0.6) is 0 Å². The third kappa shape index (κ3) is 20.2. The number of nitrogens with zero attached hydrogens (tertiary/aromatic N) is 2. The Kier molecular flexibility index (Phi) is 30.3. The average molecular weight is 531 g/mol. The monoisotopic (exact) mass is 530 g/mol. The normalized spacial score (nSPS) is 16.6. The summed E-state index contributed by atoms with van der Waals surface area (Å²) in [5.41, 5.74) is 0. The number of carboxylic acids is 2. The van der Waals surface area contributed by atoms with E-state index in [4.69, 9.17) is 9.84 Å². The van der Waals surface area contributed by atoms with Crippen LogP contribution in [0.3, 0.4) is 0 Å². The second-order valence-corrected chi connectivity index (χ2v) is 9.26. The van der Waals surface area contributed by atoms with Crippen molar-refractivity contribution < 1.29 is 34.5 Å². The maximum Gasteiger partial charge on any atom is 0.359 e. The molecule has 1 atom stereocenters. The first-order valence-electron chi connectivity index (χ1n) is 13.1. The summed E-state index contributed by atoms with van der Waals surface area (Å²) in [6, 6.07) is 0. The van der Waals surface area contributed by atoms with Crippen molar-refractivity contribution in [3.05, 3.63) is 12.2 Å². The maximum atomic E-state index is 11.4. The van der Waals surface area contributed by atoms with Crippen molar-refractivity contribution in [1.29, 1.82) is 0 Å². The first-order chi connectivity index (χ1) is 16.0. The molecule has 0 saturated heterocycles. The van der Waals surface area contributed by atoms with Crippen LogP contribution in [0.2, 0.25) is 0 Å². The number of quaternary nitrogens is 1. The largest absolute Gasteiger partial charge is 0.870 e. The number of unbranched alkanes of at least 4 members (excludes halogenated alkanes) is 13. The number of hydrogen-bond acceptors (Lipinski definition) is 5. The minimum absolute atomic E-state index is 0. The van der Waals surface area contributed by atoms with Crippen LogP contribution in [0.25, 0.3) is 0 Å². The van der Waals surface area contributed by atoms with Gasteiger partial charge in [0, 0.05) is 65.2 Å². The number of carboxylic acid groups (broad SMARTS) is 2. The predicted octanol–water partition coefficient (Wildman–Crippen LogP) is 4.50. The molecular weight excluding hydrogens is 482 g/mol. The number of aliphatic carboxylic acids is 2. The number of allylic oxidation sites excluding steroid dienone is 1. The quantitative estimate of drug-likeness (QED) is 0.121. The molecule has 0 saturated carbocycles. The first kappa shape index (κ1) is 40.7. The summed E-state index contributed by atoms with van der Waals surface area (Å²) in [5.74, 6) is -1.13. The molecule has 1 aliphatic heterocycles. The van der Waals surface area contributed by atoms with Gasteiger partial charge in [-0.1, -0.05) is 90.0 Å². The SMILES string of the molecule is CCCCCCCCCCCCCCCC=CC1=NCC[N+]1(CCOCC(=O)O)CC(=O)O.[Na].[Na].[OH-]. The Morgan fingerprint density at radius 2 is 1.42 bits per heavy atom. The minimum atomic E-state index is -1.02. The van der Waals surface area contributed by atoms with Crippen molar-refractivity contribution in [2.45, 2.75) is 96.8 Å². The number of carbonyl (C=O) groups is 2. The van der Waals surface area contributed by atoms with Gasteiger partial charge < -0.3 is 20.4 Å². The Bertz CT molecular complexity index is 619. The molecular formula is C26H48N2Na2O6. The summed E-state index contributed by atoms with van der Waals surface area (Å²) < 4.78 is 5.38. The van der Waals surface area contributed by atoms with E-state index < -0.39 is 11.9 Å². The predicted molar refractivity (Wildman–Crippen MR) is 146 cm³/mol. The third-order valence-corrected chi connectivity index (χ3v) is 6.36. The summed E-state index contributed by atoms with van der Waals surface area (Å²) in [7, 11) is 0. The Hall–Kier alpha value is 0.230. The number of ether oxygens (including phenoxy) is 1. The van der Waals surface area contributed by atoms with Gasteiger partial charge in [-0.3, -0.25) is 4.48 Å². The van der Waals surface area contributed by atoms with Gasteiger partial charge in [0.2, 0.25) is 5.84 Å². The van der Waals surface area contributed by atoms with E-state index in [0.717, 1.165) is 18.7 Å². The van der Waals surface area contributed by atoms with Gasteiger partial charge >= 0.3 is 11.9 Å². The fraction of sp³-hybridized carbons (Fsp3) is 0.808. The molecule has 0 bridgehead atoms. The van der Waals surface area contributed by atoms with Gasteiger partial charge in [0.1, 0.15) is 19.7 Å². The van der Waals surface area contributed by atoms with Gasteiger partial charge in [0.25, 0.3) is 0 Å². The van der Waals surface area contributed by atoms with Crippen LogP contribution in [-0.4, -0.2) is 136 Å². The second kappa shape index (κ2) is 26.8. The summed E-state index contributed by atoms with van der Waals surface area (Å²) in [4.78, 5) is 26.6. The summed E-state index contributed by atoms with van der Waals surface area (Å²) in [6.07, 6.45) is 22.4. The number of amidine groups is 1. The Morgan fingerprint density at radius 3 is 1.92 bits per heavy atom. The van der Waals surface area contributed by atoms with E-state index in [1.165, 1.54) is 77.0 Å². The molecule has 0 fully saturated rings. The second-order valence-electron chi connectivity index (χ2n) is 9.26. The van der Waals surface area contributed by atoms with E-state index in [-0.39, 0.29) is 88.8 Å². The van der Waals surface area contributed by atoms with Gasteiger partial charge in [-0.15, -0.1) is 0 Å². The zero-order valence-corrected chi connectivity index (χ0v) is 27.3. The van der Waals surface area contributed by atoms with Crippen molar-refractivity contribution in [2.24, 2.45) is 4.99 Å². The van der Waals surface area contributed by atoms with Gasteiger partial charge in [0.05, 0.1) is 13.2 Å². The van der Waals surface area contributed by atoms with Crippen molar-refractivity contribution in [3.63, 3.8) is 0 Å². The zero-order valence-electron chi connectivity index (χ0n) is 23.3. The molecule has 1 heterocycles. The van der Waals surface area contributed by atoms with Crippen LogP contribution in [0.4, 0.5) is 0 Å². The van der Waals surface area contributed by atoms with Crippen LogP contribution < -0.4 is 0 Å². The number of aliphatic imine (C=N–C) groups is 1. The molecule has 0 amide bonds. The van der Waals surface area contributed by atoms with Gasteiger partial charge in [-0.05, 0) is 12.8 Å². The van der Waals surface area contributed by atoms with Crippen LogP contribution in [0.15, 0.2) is 17.1 Å². The molecule has 8 nitrogen and oxygen atoms in total. The van der Waals surface area contributed by atoms with E-state index >= 15 is 0 Å². The Balaban J connectivity index is -0.00000363. The fourth-order valence-electron chi connectivity index (χ4n) is 4.42. The van der Waals surface area contributed by atoms with Gasteiger partial charge in [-0.2, -0.15) is 0 Å². The molecule has 1 rings (SSSR count). The van der Waals surface area contributed by atoms with Crippen LogP contribution in [-0.2, 0) is 14.3 Å². The summed E-state index contributed by atoms with van der Waals surface area (Å²) in [5, 5.41) is 18.1. The minimum Gasteiger partial charge on any atom is -0.870 e. The zero-order chi connectivity index (χ0) is 24.2. The summed E-state index contributed by atoms with van der Waals surface area (Å²) in [6.45, 7) is 3.66. The van der Waals surface area contributed by atoms with E-state index in [1.54, 1.807) is 0 Å².